The van der Waals surface area contributed by atoms with Crippen LogP contribution in [0.1, 0.15) is 62.6 Å². The summed E-state index contributed by atoms with van der Waals surface area (Å²) in [6.07, 6.45) is 11.2. The molecule has 1 unspecified atom stereocenters. The van der Waals surface area contributed by atoms with Crippen molar-refractivity contribution >= 4 is 6.03 Å². The monoisotopic (exact) mass is 387 g/mol. The average Bonchev–Trinajstić information content (AvgIpc) is 3.36. The maximum absolute atomic E-state index is 12.3. The second kappa shape index (κ2) is 9.07. The van der Waals surface area contributed by atoms with Crippen LogP contribution >= 0.6 is 0 Å². The molecule has 0 radical (unpaired) electrons. The van der Waals surface area contributed by atoms with Gasteiger partial charge >= 0.3 is 6.03 Å². The van der Waals surface area contributed by atoms with Crippen LogP contribution in [-0.4, -0.2) is 52.4 Å². The summed E-state index contributed by atoms with van der Waals surface area (Å²) in [6, 6.07) is 2.43. The molecule has 0 bridgehead atoms. The van der Waals surface area contributed by atoms with Gasteiger partial charge in [-0.2, -0.15) is 5.10 Å². The van der Waals surface area contributed by atoms with Gasteiger partial charge in [0, 0.05) is 31.2 Å². The SMILES string of the molecule is O=C(NCC1CCCCN1CCn1nc2c(cc1=O)CCC2)NC1CCCC1. The van der Waals surface area contributed by atoms with E-state index in [1.807, 2.05) is 0 Å². The van der Waals surface area contributed by atoms with E-state index in [4.69, 9.17) is 0 Å². The molecule has 1 atom stereocenters. The molecule has 2 amide bonds. The molecule has 1 aromatic heterocycles. The molecule has 2 N–H and O–H groups in total. The fourth-order valence-electron chi connectivity index (χ4n) is 4.93. The molecule has 4 rings (SSSR count). The molecule has 3 aliphatic rings. The van der Waals surface area contributed by atoms with Crippen LogP contribution < -0.4 is 16.2 Å². The number of hydrogen-bond acceptors (Lipinski definition) is 4. The van der Waals surface area contributed by atoms with Crippen LogP contribution in [0.2, 0.25) is 0 Å². The van der Waals surface area contributed by atoms with E-state index in [1.54, 1.807) is 10.7 Å². The van der Waals surface area contributed by atoms with E-state index in [1.165, 1.54) is 25.7 Å². The Morgan fingerprint density at radius 1 is 1.07 bits per heavy atom. The first kappa shape index (κ1) is 19.4. The Hall–Kier alpha value is -1.89. The Bertz CT molecular complexity index is 741. The Kier molecular flexibility index (Phi) is 6.29. The molecular formula is C21H33N5O2. The summed E-state index contributed by atoms with van der Waals surface area (Å²) in [5.74, 6) is 0. The molecule has 1 saturated heterocycles. The highest BCUT2D eigenvalue weighted by molar-refractivity contribution is 5.74. The van der Waals surface area contributed by atoms with E-state index in [0.717, 1.165) is 62.9 Å². The zero-order valence-corrected chi connectivity index (χ0v) is 16.8. The summed E-state index contributed by atoms with van der Waals surface area (Å²) in [5, 5.41) is 10.8. The van der Waals surface area contributed by atoms with Gasteiger partial charge in [0.2, 0.25) is 0 Å². The number of nitrogens with one attached hydrogen (secondary N) is 2. The normalized spacial score (nSPS) is 22.9. The number of carbonyl (C=O) groups is 1. The highest BCUT2D eigenvalue weighted by Gasteiger charge is 2.24. The number of hydrogen-bond donors (Lipinski definition) is 2. The Balaban J connectivity index is 1.29. The predicted molar refractivity (Wildman–Crippen MR) is 109 cm³/mol. The van der Waals surface area contributed by atoms with Crippen molar-refractivity contribution in [2.75, 3.05) is 19.6 Å². The van der Waals surface area contributed by atoms with E-state index in [2.05, 4.69) is 20.6 Å². The van der Waals surface area contributed by atoms with Gasteiger partial charge in [0.1, 0.15) is 0 Å². The fraction of sp³-hybridized carbons (Fsp3) is 0.762. The summed E-state index contributed by atoms with van der Waals surface area (Å²) in [4.78, 5) is 26.9. The largest absolute Gasteiger partial charge is 0.337 e. The molecule has 0 spiro atoms. The van der Waals surface area contributed by atoms with Crippen LogP contribution in [0.4, 0.5) is 4.79 Å². The van der Waals surface area contributed by atoms with Gasteiger partial charge in [-0.3, -0.25) is 9.69 Å². The third-order valence-corrected chi connectivity index (χ3v) is 6.56. The Morgan fingerprint density at radius 2 is 1.89 bits per heavy atom. The maximum atomic E-state index is 12.3. The molecule has 2 heterocycles. The van der Waals surface area contributed by atoms with Crippen LogP contribution in [0.3, 0.4) is 0 Å². The van der Waals surface area contributed by atoms with Crippen LogP contribution in [0.5, 0.6) is 0 Å². The van der Waals surface area contributed by atoms with Crippen molar-refractivity contribution in [2.45, 2.75) is 82.8 Å². The number of piperidine rings is 1. The molecule has 1 saturated carbocycles. The molecule has 0 aromatic carbocycles. The fourth-order valence-corrected chi connectivity index (χ4v) is 4.93. The predicted octanol–water partition coefficient (Wildman–Crippen LogP) is 1.83. The van der Waals surface area contributed by atoms with Crippen molar-refractivity contribution < 1.29 is 4.79 Å². The molecule has 28 heavy (non-hydrogen) atoms. The van der Waals surface area contributed by atoms with Crippen molar-refractivity contribution in [3.63, 3.8) is 0 Å². The number of carbonyl (C=O) groups excluding carboxylic acids is 1. The number of aromatic nitrogens is 2. The lowest BCUT2D eigenvalue weighted by Gasteiger charge is -2.35. The summed E-state index contributed by atoms with van der Waals surface area (Å²) >= 11 is 0. The van der Waals surface area contributed by atoms with Crippen molar-refractivity contribution in [1.29, 1.82) is 0 Å². The lowest BCUT2D eigenvalue weighted by Crippen LogP contribution is -2.50. The second-order valence-corrected chi connectivity index (χ2v) is 8.55. The van der Waals surface area contributed by atoms with E-state index < -0.39 is 0 Å². The topological polar surface area (TPSA) is 79.3 Å². The number of amides is 2. The highest BCUT2D eigenvalue weighted by Crippen LogP contribution is 2.19. The van der Waals surface area contributed by atoms with Gasteiger partial charge in [-0.15, -0.1) is 0 Å². The van der Waals surface area contributed by atoms with E-state index in [9.17, 15) is 9.59 Å². The lowest BCUT2D eigenvalue weighted by atomic mass is 10.0. The zero-order chi connectivity index (χ0) is 19.3. The Morgan fingerprint density at radius 3 is 2.75 bits per heavy atom. The summed E-state index contributed by atoms with van der Waals surface area (Å²) in [6.45, 7) is 3.13. The number of likely N-dealkylation sites (tertiary alicyclic amines) is 1. The van der Waals surface area contributed by atoms with Gasteiger partial charge in [0.15, 0.2) is 0 Å². The van der Waals surface area contributed by atoms with E-state index >= 15 is 0 Å². The van der Waals surface area contributed by atoms with Crippen molar-refractivity contribution in [3.05, 3.63) is 27.7 Å². The van der Waals surface area contributed by atoms with Gasteiger partial charge in [-0.25, -0.2) is 9.48 Å². The Labute approximate surface area is 166 Å². The molecule has 2 aliphatic carbocycles. The van der Waals surface area contributed by atoms with Crippen molar-refractivity contribution in [2.24, 2.45) is 0 Å². The van der Waals surface area contributed by atoms with Crippen molar-refractivity contribution in [1.82, 2.24) is 25.3 Å². The first-order valence-corrected chi connectivity index (χ1v) is 11.1. The van der Waals surface area contributed by atoms with Crippen LogP contribution in [0, 0.1) is 0 Å². The minimum atomic E-state index is -0.0334. The van der Waals surface area contributed by atoms with Gasteiger partial charge in [-0.05, 0) is 57.1 Å². The molecule has 2 fully saturated rings. The third kappa shape index (κ3) is 4.74. The van der Waals surface area contributed by atoms with Crippen LogP contribution in [0.15, 0.2) is 10.9 Å². The second-order valence-electron chi connectivity index (χ2n) is 8.55. The smallest absolute Gasteiger partial charge is 0.315 e. The van der Waals surface area contributed by atoms with Crippen LogP contribution in [0.25, 0.3) is 0 Å². The van der Waals surface area contributed by atoms with Gasteiger partial charge in [-0.1, -0.05) is 19.3 Å². The molecule has 7 heteroatoms. The number of nitrogens with zero attached hydrogens (tertiary/aromatic N) is 3. The minimum Gasteiger partial charge on any atom is -0.337 e. The average molecular weight is 388 g/mol. The van der Waals surface area contributed by atoms with Gasteiger partial charge in [0.05, 0.1) is 12.2 Å². The van der Waals surface area contributed by atoms with E-state index in [-0.39, 0.29) is 11.6 Å². The quantitative estimate of drug-likeness (QED) is 0.781. The van der Waals surface area contributed by atoms with E-state index in [0.29, 0.717) is 25.2 Å². The van der Waals surface area contributed by atoms with Gasteiger partial charge in [0.25, 0.3) is 5.56 Å². The highest BCUT2D eigenvalue weighted by atomic mass is 16.2. The number of fused-ring (bicyclic) bond motifs is 1. The molecular weight excluding hydrogens is 354 g/mol. The minimum absolute atomic E-state index is 0.0169. The van der Waals surface area contributed by atoms with Crippen molar-refractivity contribution in [3.8, 4) is 0 Å². The number of urea groups is 1. The molecule has 7 nitrogen and oxygen atoms in total. The first-order chi connectivity index (χ1) is 13.7. The summed E-state index contributed by atoms with van der Waals surface area (Å²) < 4.78 is 1.63. The van der Waals surface area contributed by atoms with Gasteiger partial charge < -0.3 is 10.6 Å². The first-order valence-electron chi connectivity index (χ1n) is 11.1. The van der Waals surface area contributed by atoms with Crippen LogP contribution in [-0.2, 0) is 19.4 Å². The third-order valence-electron chi connectivity index (χ3n) is 6.56. The summed E-state index contributed by atoms with van der Waals surface area (Å²) in [5.41, 5.74) is 2.25. The number of aryl methyl sites for hydroxylation is 2. The molecule has 154 valence electrons. The lowest BCUT2D eigenvalue weighted by molar-refractivity contribution is 0.138. The summed E-state index contributed by atoms with van der Waals surface area (Å²) in [7, 11) is 0. The number of rotatable bonds is 6. The molecule has 1 aliphatic heterocycles. The molecule has 1 aromatic rings. The zero-order valence-electron chi connectivity index (χ0n) is 16.8. The maximum Gasteiger partial charge on any atom is 0.315 e. The standard InChI is InChI=1S/C21H33N5O2/c27-20-14-16-6-5-10-19(16)24-26(20)13-12-25-11-4-3-9-18(25)15-22-21(28)23-17-7-1-2-8-17/h14,17-18H,1-13,15H2,(H2,22,23,28).